The maximum absolute atomic E-state index is 3.20. The van der Waals surface area contributed by atoms with Gasteiger partial charge in [0.2, 0.25) is 0 Å². The molecule has 0 fully saturated rings. The normalized spacial score (nSPS) is 11.2. The Balaban J connectivity index is 2.12. The largest absolute Gasteiger partial charge is 0.320 e. The quantitative estimate of drug-likeness (QED) is 0.600. The van der Waals surface area contributed by atoms with Gasteiger partial charge in [0.25, 0.3) is 0 Å². The van der Waals surface area contributed by atoms with E-state index in [1.54, 1.807) is 0 Å². The van der Waals surface area contributed by atoms with E-state index in [0.717, 1.165) is 13.0 Å². The first-order valence-electron chi connectivity index (χ1n) is 7.68. The van der Waals surface area contributed by atoms with Crippen LogP contribution in [0.4, 0.5) is 0 Å². The summed E-state index contributed by atoms with van der Waals surface area (Å²) in [6.45, 7) is 5.41. The highest BCUT2D eigenvalue weighted by atomic mass is 14.8. The van der Waals surface area contributed by atoms with Gasteiger partial charge in [0.15, 0.2) is 0 Å². The van der Waals surface area contributed by atoms with Crippen molar-refractivity contribution >= 4 is 12.2 Å². The highest BCUT2D eigenvalue weighted by Gasteiger charge is 1.98. The van der Waals surface area contributed by atoms with E-state index < -0.39 is 0 Å². The summed E-state index contributed by atoms with van der Waals surface area (Å²) in [5, 5.41) is 3.20. The van der Waals surface area contributed by atoms with E-state index in [-0.39, 0.29) is 0 Å². The molecule has 0 radical (unpaired) electrons. The third-order valence-corrected chi connectivity index (χ3v) is 3.83. The molecule has 1 heteroatoms. The van der Waals surface area contributed by atoms with E-state index in [2.05, 4.69) is 73.8 Å². The molecule has 2 aromatic rings. The molecule has 0 bridgehead atoms. The molecule has 1 nitrogen and oxygen atoms in total. The first kappa shape index (κ1) is 15.5. The summed E-state index contributed by atoms with van der Waals surface area (Å²) in [5.41, 5.74) is 6.68. The van der Waals surface area contributed by atoms with E-state index in [1.807, 2.05) is 7.05 Å². The Hall–Kier alpha value is -1.86. The third kappa shape index (κ3) is 4.57. The van der Waals surface area contributed by atoms with Crippen molar-refractivity contribution in [2.45, 2.75) is 26.7 Å². The van der Waals surface area contributed by atoms with Gasteiger partial charge in [0.05, 0.1) is 0 Å². The van der Waals surface area contributed by atoms with Crippen molar-refractivity contribution < 1.29 is 0 Å². The summed E-state index contributed by atoms with van der Waals surface area (Å²) in [5.74, 6) is 0. The number of rotatable bonds is 6. The molecule has 0 aromatic heterocycles. The molecule has 0 amide bonds. The van der Waals surface area contributed by atoms with E-state index in [1.165, 1.54) is 34.2 Å². The SMILES string of the molecule is CNCCCc1cccc(C=Cc2c(C)cccc2C)c1. The van der Waals surface area contributed by atoms with Crippen LogP contribution in [0.2, 0.25) is 0 Å². The summed E-state index contributed by atoms with van der Waals surface area (Å²) >= 11 is 0. The molecular weight excluding hydrogens is 254 g/mol. The van der Waals surface area contributed by atoms with E-state index in [0.29, 0.717) is 0 Å². The van der Waals surface area contributed by atoms with Crippen molar-refractivity contribution in [3.05, 3.63) is 70.3 Å². The molecule has 0 heterocycles. The van der Waals surface area contributed by atoms with E-state index in [9.17, 15) is 0 Å². The summed E-state index contributed by atoms with van der Waals surface area (Å²) in [6.07, 6.45) is 6.76. The predicted octanol–water partition coefficient (Wildman–Crippen LogP) is 4.63. The fourth-order valence-corrected chi connectivity index (χ4v) is 2.59. The maximum atomic E-state index is 3.20. The average Bonchev–Trinajstić information content (AvgIpc) is 2.47. The van der Waals surface area contributed by atoms with Crippen LogP contribution in [-0.2, 0) is 6.42 Å². The van der Waals surface area contributed by atoms with Crippen LogP contribution in [0.1, 0.15) is 34.2 Å². The van der Waals surface area contributed by atoms with Gasteiger partial charge < -0.3 is 5.32 Å². The second-order valence-electron chi connectivity index (χ2n) is 5.59. The number of benzene rings is 2. The fourth-order valence-electron chi connectivity index (χ4n) is 2.59. The molecule has 21 heavy (non-hydrogen) atoms. The van der Waals surface area contributed by atoms with Gasteiger partial charge in [-0.25, -0.2) is 0 Å². The molecule has 0 atom stereocenters. The highest BCUT2D eigenvalue weighted by molar-refractivity contribution is 5.72. The van der Waals surface area contributed by atoms with Gasteiger partial charge in [-0.05, 0) is 68.1 Å². The number of aryl methyl sites for hydroxylation is 3. The van der Waals surface area contributed by atoms with Crippen LogP contribution in [0.3, 0.4) is 0 Å². The van der Waals surface area contributed by atoms with E-state index in [4.69, 9.17) is 0 Å². The van der Waals surface area contributed by atoms with Gasteiger partial charge in [-0.15, -0.1) is 0 Å². The summed E-state index contributed by atoms with van der Waals surface area (Å²) in [6, 6.07) is 15.3. The van der Waals surface area contributed by atoms with Crippen LogP contribution < -0.4 is 5.32 Å². The van der Waals surface area contributed by atoms with Gasteiger partial charge >= 0.3 is 0 Å². The molecule has 0 aliphatic heterocycles. The molecule has 0 saturated carbocycles. The molecule has 0 saturated heterocycles. The Labute approximate surface area is 128 Å². The number of hydrogen-bond acceptors (Lipinski definition) is 1. The van der Waals surface area contributed by atoms with Crippen LogP contribution in [0.5, 0.6) is 0 Å². The van der Waals surface area contributed by atoms with Crippen LogP contribution in [-0.4, -0.2) is 13.6 Å². The van der Waals surface area contributed by atoms with Crippen molar-refractivity contribution in [2.24, 2.45) is 0 Å². The molecule has 2 aromatic carbocycles. The zero-order valence-electron chi connectivity index (χ0n) is 13.3. The van der Waals surface area contributed by atoms with Gasteiger partial charge in [0, 0.05) is 0 Å². The molecule has 0 aliphatic carbocycles. The van der Waals surface area contributed by atoms with Gasteiger partial charge in [0.1, 0.15) is 0 Å². The molecule has 0 spiro atoms. The Morgan fingerprint density at radius 1 is 0.952 bits per heavy atom. The number of hydrogen-bond donors (Lipinski definition) is 1. The Kier molecular flexibility index (Phi) is 5.77. The lowest BCUT2D eigenvalue weighted by atomic mass is 10.0. The monoisotopic (exact) mass is 279 g/mol. The first-order valence-corrected chi connectivity index (χ1v) is 7.68. The predicted molar refractivity (Wildman–Crippen MR) is 93.5 cm³/mol. The van der Waals surface area contributed by atoms with Gasteiger partial charge in [-0.2, -0.15) is 0 Å². The van der Waals surface area contributed by atoms with Crippen molar-refractivity contribution in [1.82, 2.24) is 5.32 Å². The third-order valence-electron chi connectivity index (χ3n) is 3.83. The highest BCUT2D eigenvalue weighted by Crippen LogP contribution is 2.17. The fraction of sp³-hybridized carbons (Fsp3) is 0.300. The molecule has 2 rings (SSSR count). The lowest BCUT2D eigenvalue weighted by Crippen LogP contribution is -2.08. The molecule has 1 N–H and O–H groups in total. The maximum Gasteiger partial charge on any atom is -0.00488 e. The second kappa shape index (κ2) is 7.80. The second-order valence-corrected chi connectivity index (χ2v) is 5.59. The summed E-state index contributed by atoms with van der Waals surface area (Å²) in [7, 11) is 2.00. The minimum atomic E-state index is 1.07. The standard InChI is InChI=1S/C20H25N/c1-16-7-4-8-17(2)20(16)13-12-19-10-5-9-18(15-19)11-6-14-21-3/h4-5,7-10,12-13,15,21H,6,11,14H2,1-3H3. The smallest absolute Gasteiger partial charge is 0.00488 e. The van der Waals surface area contributed by atoms with Crippen molar-refractivity contribution in [3.63, 3.8) is 0 Å². The van der Waals surface area contributed by atoms with Crippen LogP contribution in [0.15, 0.2) is 42.5 Å². The Bertz CT molecular complexity index is 591. The summed E-state index contributed by atoms with van der Waals surface area (Å²) < 4.78 is 0. The lowest BCUT2D eigenvalue weighted by molar-refractivity contribution is 0.725. The topological polar surface area (TPSA) is 12.0 Å². The molecule has 110 valence electrons. The van der Waals surface area contributed by atoms with E-state index >= 15 is 0 Å². The molecule has 0 aliphatic rings. The Morgan fingerprint density at radius 3 is 2.38 bits per heavy atom. The molecule has 0 unspecified atom stereocenters. The van der Waals surface area contributed by atoms with Crippen LogP contribution >= 0.6 is 0 Å². The van der Waals surface area contributed by atoms with Crippen molar-refractivity contribution in [2.75, 3.05) is 13.6 Å². The molecular formula is C20H25N. The zero-order valence-corrected chi connectivity index (χ0v) is 13.3. The van der Waals surface area contributed by atoms with Crippen LogP contribution in [0, 0.1) is 13.8 Å². The number of nitrogens with one attached hydrogen (secondary N) is 1. The average molecular weight is 279 g/mol. The lowest BCUT2D eigenvalue weighted by Gasteiger charge is -2.05. The Morgan fingerprint density at radius 2 is 1.67 bits per heavy atom. The minimum Gasteiger partial charge on any atom is -0.320 e. The van der Waals surface area contributed by atoms with Gasteiger partial charge in [-0.3, -0.25) is 0 Å². The van der Waals surface area contributed by atoms with Gasteiger partial charge in [-0.1, -0.05) is 54.6 Å². The zero-order chi connectivity index (χ0) is 15.1. The minimum absolute atomic E-state index is 1.07. The summed E-state index contributed by atoms with van der Waals surface area (Å²) in [4.78, 5) is 0. The van der Waals surface area contributed by atoms with Crippen LogP contribution in [0.25, 0.3) is 12.2 Å². The van der Waals surface area contributed by atoms with Crippen molar-refractivity contribution in [1.29, 1.82) is 0 Å². The first-order chi connectivity index (χ1) is 10.2. The van der Waals surface area contributed by atoms with Crippen molar-refractivity contribution in [3.8, 4) is 0 Å².